The molecule has 4 heteroatoms. The molecule has 3 rings (SSSR count). The first-order chi connectivity index (χ1) is 10.0. The Morgan fingerprint density at radius 1 is 1.05 bits per heavy atom. The second kappa shape index (κ2) is 5.98. The number of Topliss-reactive ketones (excluding diaryl/α,β-unsaturated/α-hetero) is 1. The first kappa shape index (κ1) is 15.4. The van der Waals surface area contributed by atoms with E-state index in [4.69, 9.17) is 14.2 Å². The van der Waals surface area contributed by atoms with E-state index in [1.807, 2.05) is 6.92 Å². The van der Waals surface area contributed by atoms with Crippen LogP contribution in [0.1, 0.15) is 46.5 Å². The third kappa shape index (κ3) is 2.90. The minimum absolute atomic E-state index is 0.0518. The van der Waals surface area contributed by atoms with E-state index in [2.05, 4.69) is 13.8 Å². The summed E-state index contributed by atoms with van der Waals surface area (Å²) in [6, 6.07) is 0. The highest BCUT2D eigenvalue weighted by Gasteiger charge is 2.47. The van der Waals surface area contributed by atoms with Crippen LogP contribution in [0.25, 0.3) is 0 Å². The average Bonchev–Trinajstić information content (AvgIpc) is 2.72. The van der Waals surface area contributed by atoms with Crippen LogP contribution in [0.5, 0.6) is 0 Å². The molecule has 0 radical (unpaired) electrons. The van der Waals surface area contributed by atoms with E-state index in [0.29, 0.717) is 18.3 Å². The molecule has 120 valence electrons. The van der Waals surface area contributed by atoms with Crippen molar-refractivity contribution < 1.29 is 19.0 Å². The maximum Gasteiger partial charge on any atom is 0.142 e. The van der Waals surface area contributed by atoms with Crippen LogP contribution in [0.15, 0.2) is 0 Å². The molecule has 0 N–H and O–H groups in total. The highest BCUT2D eigenvalue weighted by Crippen LogP contribution is 2.41. The summed E-state index contributed by atoms with van der Waals surface area (Å²) in [4.78, 5) is 13.0. The lowest BCUT2D eigenvalue weighted by Gasteiger charge is -2.43. The quantitative estimate of drug-likeness (QED) is 0.785. The summed E-state index contributed by atoms with van der Waals surface area (Å²) in [5.41, 5.74) is -0.103. The molecule has 0 amide bonds. The molecule has 3 saturated heterocycles. The Morgan fingerprint density at radius 3 is 2.38 bits per heavy atom. The molecular weight excluding hydrogens is 268 g/mol. The van der Waals surface area contributed by atoms with Crippen LogP contribution >= 0.6 is 0 Å². The molecule has 1 spiro atoms. The fraction of sp³-hybridized carbons (Fsp3) is 0.941. The van der Waals surface area contributed by atoms with E-state index < -0.39 is 0 Å². The summed E-state index contributed by atoms with van der Waals surface area (Å²) in [5, 5.41) is 0. The second-order valence-corrected chi connectivity index (χ2v) is 7.17. The zero-order chi connectivity index (χ0) is 15.0. The van der Waals surface area contributed by atoms with E-state index in [9.17, 15) is 4.79 Å². The monoisotopic (exact) mass is 296 g/mol. The van der Waals surface area contributed by atoms with Gasteiger partial charge in [-0.15, -0.1) is 0 Å². The van der Waals surface area contributed by atoms with E-state index in [1.54, 1.807) is 0 Å². The topological polar surface area (TPSA) is 44.8 Å². The number of rotatable bonds is 2. The molecule has 0 saturated carbocycles. The molecule has 0 aromatic carbocycles. The highest BCUT2D eigenvalue weighted by atomic mass is 16.5. The molecule has 21 heavy (non-hydrogen) atoms. The lowest BCUT2D eigenvalue weighted by Crippen LogP contribution is -2.47. The van der Waals surface area contributed by atoms with Crippen LogP contribution in [0.3, 0.4) is 0 Å². The van der Waals surface area contributed by atoms with Crippen LogP contribution in [0.2, 0.25) is 0 Å². The minimum Gasteiger partial charge on any atom is -0.381 e. The van der Waals surface area contributed by atoms with Gasteiger partial charge in [-0.2, -0.15) is 0 Å². The van der Waals surface area contributed by atoms with Crippen molar-refractivity contribution in [1.82, 2.24) is 0 Å². The third-order valence-corrected chi connectivity index (χ3v) is 5.87. The van der Waals surface area contributed by atoms with Crippen LogP contribution in [0, 0.1) is 17.8 Å². The van der Waals surface area contributed by atoms with Crippen LogP contribution < -0.4 is 0 Å². The standard InChI is InChI=1S/C17H28O4/c1-11-12(2)21-13(3)15(11)16(18)14-4-7-20-17(10-14)5-8-19-9-6-17/h11-15H,4-10H2,1-3H3. The lowest BCUT2D eigenvalue weighted by molar-refractivity contribution is -0.160. The summed E-state index contributed by atoms with van der Waals surface area (Å²) in [7, 11) is 0. The van der Waals surface area contributed by atoms with Gasteiger partial charge in [-0.3, -0.25) is 4.79 Å². The van der Waals surface area contributed by atoms with Crippen LogP contribution in [-0.2, 0) is 19.0 Å². The molecule has 0 aliphatic carbocycles. The Hall–Kier alpha value is -0.450. The molecule has 0 aromatic heterocycles. The molecule has 0 aromatic rings. The van der Waals surface area contributed by atoms with Crippen molar-refractivity contribution in [3.63, 3.8) is 0 Å². The van der Waals surface area contributed by atoms with E-state index in [1.165, 1.54) is 0 Å². The smallest absolute Gasteiger partial charge is 0.142 e. The molecule has 4 nitrogen and oxygen atoms in total. The van der Waals surface area contributed by atoms with E-state index >= 15 is 0 Å². The number of carbonyl (C=O) groups excluding carboxylic acids is 1. The first-order valence-corrected chi connectivity index (χ1v) is 8.43. The largest absolute Gasteiger partial charge is 0.381 e. The third-order valence-electron chi connectivity index (χ3n) is 5.87. The Labute approximate surface area is 127 Å². The second-order valence-electron chi connectivity index (χ2n) is 7.17. The number of ketones is 1. The molecule has 3 aliphatic heterocycles. The van der Waals surface area contributed by atoms with E-state index in [0.717, 1.165) is 38.9 Å². The van der Waals surface area contributed by atoms with Crippen molar-refractivity contribution in [3.8, 4) is 0 Å². The zero-order valence-electron chi connectivity index (χ0n) is 13.5. The van der Waals surface area contributed by atoms with Gasteiger partial charge < -0.3 is 14.2 Å². The number of carbonyl (C=O) groups is 1. The highest BCUT2D eigenvalue weighted by molar-refractivity contribution is 5.84. The molecule has 3 aliphatic rings. The summed E-state index contributed by atoms with van der Waals surface area (Å²) in [6.45, 7) is 8.52. The van der Waals surface area contributed by atoms with Gasteiger partial charge in [-0.25, -0.2) is 0 Å². The molecule has 3 heterocycles. The summed E-state index contributed by atoms with van der Waals surface area (Å²) < 4.78 is 17.4. The molecule has 3 fully saturated rings. The Bertz CT molecular complexity index is 383. The number of hydrogen-bond acceptors (Lipinski definition) is 4. The SMILES string of the molecule is CC1OC(C)C(C(=O)C2CCOC3(CCOCC3)C2)C1C. The van der Waals surface area contributed by atoms with Crippen LogP contribution in [-0.4, -0.2) is 43.4 Å². The molecule has 5 atom stereocenters. The van der Waals surface area contributed by atoms with Crippen LogP contribution in [0.4, 0.5) is 0 Å². The maximum absolute atomic E-state index is 13.0. The molecule has 5 unspecified atom stereocenters. The van der Waals surface area contributed by atoms with Crippen molar-refractivity contribution in [3.05, 3.63) is 0 Å². The number of ether oxygens (including phenoxy) is 3. The van der Waals surface area contributed by atoms with Gasteiger partial charge >= 0.3 is 0 Å². The van der Waals surface area contributed by atoms with Gasteiger partial charge in [-0.05, 0) is 45.4 Å². The minimum atomic E-state index is -0.103. The van der Waals surface area contributed by atoms with Gasteiger partial charge in [0.15, 0.2) is 0 Å². The van der Waals surface area contributed by atoms with Crippen molar-refractivity contribution in [1.29, 1.82) is 0 Å². The molecular formula is C17H28O4. The lowest BCUT2D eigenvalue weighted by atomic mass is 9.73. The Balaban J connectivity index is 1.69. The average molecular weight is 296 g/mol. The van der Waals surface area contributed by atoms with Gasteiger partial charge in [0.2, 0.25) is 0 Å². The van der Waals surface area contributed by atoms with Gasteiger partial charge in [0, 0.05) is 31.7 Å². The predicted molar refractivity (Wildman–Crippen MR) is 79.1 cm³/mol. The van der Waals surface area contributed by atoms with Crippen molar-refractivity contribution in [2.75, 3.05) is 19.8 Å². The Morgan fingerprint density at radius 2 is 1.76 bits per heavy atom. The van der Waals surface area contributed by atoms with Gasteiger partial charge in [0.1, 0.15) is 5.78 Å². The van der Waals surface area contributed by atoms with Crippen molar-refractivity contribution in [2.45, 2.75) is 64.3 Å². The first-order valence-electron chi connectivity index (χ1n) is 8.43. The summed E-state index contributed by atoms with van der Waals surface area (Å²) in [5.74, 6) is 0.926. The Kier molecular flexibility index (Phi) is 4.40. The normalized spacial score (nSPS) is 43.1. The summed E-state index contributed by atoms with van der Waals surface area (Å²) >= 11 is 0. The fourth-order valence-electron chi connectivity index (χ4n) is 4.39. The number of hydrogen-bond donors (Lipinski definition) is 0. The summed E-state index contributed by atoms with van der Waals surface area (Å²) in [6.07, 6.45) is 3.84. The van der Waals surface area contributed by atoms with Crippen molar-refractivity contribution >= 4 is 5.78 Å². The van der Waals surface area contributed by atoms with Crippen molar-refractivity contribution in [2.24, 2.45) is 17.8 Å². The zero-order valence-corrected chi connectivity index (χ0v) is 13.5. The molecule has 0 bridgehead atoms. The van der Waals surface area contributed by atoms with E-state index in [-0.39, 0.29) is 29.6 Å². The fourth-order valence-corrected chi connectivity index (χ4v) is 4.39. The van der Waals surface area contributed by atoms with Gasteiger partial charge in [0.25, 0.3) is 0 Å². The maximum atomic E-state index is 13.0. The van der Waals surface area contributed by atoms with Gasteiger partial charge in [-0.1, -0.05) is 6.92 Å². The van der Waals surface area contributed by atoms with Gasteiger partial charge in [0.05, 0.1) is 17.8 Å². The predicted octanol–water partition coefficient (Wildman–Crippen LogP) is 2.59.